The van der Waals surface area contributed by atoms with Gasteiger partial charge in [0.25, 0.3) is 0 Å². The van der Waals surface area contributed by atoms with E-state index in [0.29, 0.717) is 5.56 Å². The van der Waals surface area contributed by atoms with Crippen LogP contribution in [-0.4, -0.2) is 22.9 Å². The van der Waals surface area contributed by atoms with Crippen LogP contribution in [0.25, 0.3) is 0 Å². The van der Waals surface area contributed by atoms with E-state index >= 15 is 0 Å². The second kappa shape index (κ2) is 4.70. The number of nitrogens with two attached hydrogens (primary N) is 1. The quantitative estimate of drug-likeness (QED) is 0.717. The molecule has 1 aromatic carbocycles. The largest absolute Gasteiger partial charge is 0.480 e. The van der Waals surface area contributed by atoms with Gasteiger partial charge in [-0.15, -0.1) is 0 Å². The molecule has 80 valence electrons. The van der Waals surface area contributed by atoms with Crippen LogP contribution in [0.1, 0.15) is 22.8 Å². The highest BCUT2D eigenvalue weighted by Gasteiger charge is 2.11. The second-order valence-corrected chi connectivity index (χ2v) is 3.40. The van der Waals surface area contributed by atoms with Crippen molar-refractivity contribution in [2.75, 3.05) is 0 Å². The molecule has 0 aromatic heterocycles. The van der Waals surface area contributed by atoms with Crippen LogP contribution < -0.4 is 5.73 Å². The number of hydrogen-bond acceptors (Lipinski definition) is 3. The third-order valence-electron chi connectivity index (χ3n) is 2.13. The number of carbonyl (C=O) groups excluding carboxylic acids is 1. The first-order chi connectivity index (χ1) is 7.00. The van der Waals surface area contributed by atoms with Gasteiger partial charge in [0.15, 0.2) is 5.78 Å². The standard InChI is InChI=1S/C11H13NO3/c1-7(13)9-4-2-8(3-5-9)6-10(12)11(14)15/h2-5,10H,6,12H2,1H3,(H,14,15). The molecule has 0 fully saturated rings. The van der Waals surface area contributed by atoms with Gasteiger partial charge in [-0.05, 0) is 18.9 Å². The molecule has 0 heterocycles. The average Bonchev–Trinajstić information content (AvgIpc) is 2.18. The van der Waals surface area contributed by atoms with Gasteiger partial charge in [0.2, 0.25) is 0 Å². The second-order valence-electron chi connectivity index (χ2n) is 3.40. The Labute approximate surface area is 87.7 Å². The maximum absolute atomic E-state index is 11.0. The van der Waals surface area contributed by atoms with Gasteiger partial charge >= 0.3 is 5.97 Å². The van der Waals surface area contributed by atoms with Gasteiger partial charge in [-0.2, -0.15) is 0 Å². The van der Waals surface area contributed by atoms with Crippen molar-refractivity contribution in [3.8, 4) is 0 Å². The molecule has 0 radical (unpaired) electrons. The summed E-state index contributed by atoms with van der Waals surface area (Å²) >= 11 is 0. The van der Waals surface area contributed by atoms with Crippen LogP contribution in [0.4, 0.5) is 0 Å². The molecule has 0 bridgehead atoms. The van der Waals surface area contributed by atoms with Crippen molar-refractivity contribution >= 4 is 11.8 Å². The summed E-state index contributed by atoms with van der Waals surface area (Å²) < 4.78 is 0. The van der Waals surface area contributed by atoms with E-state index in [0.717, 1.165) is 5.56 Å². The summed E-state index contributed by atoms with van der Waals surface area (Å²) in [6.45, 7) is 1.48. The number of carboxylic acid groups (broad SMARTS) is 1. The van der Waals surface area contributed by atoms with E-state index in [1.807, 2.05) is 0 Å². The molecule has 1 unspecified atom stereocenters. The molecule has 15 heavy (non-hydrogen) atoms. The Morgan fingerprint density at radius 1 is 1.33 bits per heavy atom. The van der Waals surface area contributed by atoms with Gasteiger partial charge in [-0.1, -0.05) is 24.3 Å². The molecule has 4 nitrogen and oxygen atoms in total. The van der Waals surface area contributed by atoms with Crippen molar-refractivity contribution in [3.63, 3.8) is 0 Å². The summed E-state index contributed by atoms with van der Waals surface area (Å²) in [7, 11) is 0. The van der Waals surface area contributed by atoms with Crippen LogP contribution in [0.15, 0.2) is 24.3 Å². The van der Waals surface area contributed by atoms with E-state index in [9.17, 15) is 9.59 Å². The van der Waals surface area contributed by atoms with Crippen LogP contribution in [0, 0.1) is 0 Å². The zero-order chi connectivity index (χ0) is 11.4. The monoisotopic (exact) mass is 207 g/mol. The molecule has 1 rings (SSSR count). The van der Waals surface area contributed by atoms with Crippen molar-refractivity contribution in [2.45, 2.75) is 19.4 Å². The van der Waals surface area contributed by atoms with E-state index in [2.05, 4.69) is 0 Å². The first-order valence-corrected chi connectivity index (χ1v) is 4.59. The van der Waals surface area contributed by atoms with Crippen LogP contribution in [0.5, 0.6) is 0 Å². The molecule has 0 aliphatic rings. The smallest absolute Gasteiger partial charge is 0.320 e. The Kier molecular flexibility index (Phi) is 3.57. The van der Waals surface area contributed by atoms with E-state index in [4.69, 9.17) is 10.8 Å². The predicted molar refractivity (Wildman–Crippen MR) is 55.8 cm³/mol. The van der Waals surface area contributed by atoms with Crippen molar-refractivity contribution in [2.24, 2.45) is 5.73 Å². The molecule has 0 saturated heterocycles. The van der Waals surface area contributed by atoms with Crippen molar-refractivity contribution < 1.29 is 14.7 Å². The molecule has 0 aliphatic heterocycles. The predicted octanol–water partition coefficient (Wildman–Crippen LogP) is 0.844. The number of rotatable bonds is 4. The third kappa shape index (κ3) is 3.18. The van der Waals surface area contributed by atoms with Crippen LogP contribution in [0.3, 0.4) is 0 Å². The molecule has 4 heteroatoms. The van der Waals surface area contributed by atoms with Gasteiger partial charge in [-0.3, -0.25) is 9.59 Å². The molecular weight excluding hydrogens is 194 g/mol. The van der Waals surface area contributed by atoms with E-state index in [-0.39, 0.29) is 12.2 Å². The Balaban J connectivity index is 2.72. The molecular formula is C11H13NO3. The Bertz CT molecular complexity index is 370. The van der Waals surface area contributed by atoms with Crippen molar-refractivity contribution in [1.29, 1.82) is 0 Å². The average molecular weight is 207 g/mol. The van der Waals surface area contributed by atoms with E-state index < -0.39 is 12.0 Å². The van der Waals surface area contributed by atoms with Crippen molar-refractivity contribution in [3.05, 3.63) is 35.4 Å². The number of benzene rings is 1. The van der Waals surface area contributed by atoms with E-state index in [1.54, 1.807) is 24.3 Å². The molecule has 0 spiro atoms. The zero-order valence-electron chi connectivity index (χ0n) is 8.43. The Morgan fingerprint density at radius 2 is 1.87 bits per heavy atom. The van der Waals surface area contributed by atoms with Gasteiger partial charge in [0.05, 0.1) is 0 Å². The number of hydrogen-bond donors (Lipinski definition) is 2. The SMILES string of the molecule is CC(=O)c1ccc(CC(N)C(=O)O)cc1. The highest BCUT2D eigenvalue weighted by Crippen LogP contribution is 2.07. The zero-order valence-corrected chi connectivity index (χ0v) is 8.43. The number of ketones is 1. The topological polar surface area (TPSA) is 80.4 Å². The minimum atomic E-state index is -1.02. The van der Waals surface area contributed by atoms with Gasteiger partial charge in [0, 0.05) is 5.56 Å². The van der Waals surface area contributed by atoms with Crippen LogP contribution in [0.2, 0.25) is 0 Å². The Morgan fingerprint density at radius 3 is 2.27 bits per heavy atom. The first kappa shape index (κ1) is 11.4. The molecule has 0 aliphatic carbocycles. The molecule has 1 atom stereocenters. The number of Topliss-reactive ketones (excluding diaryl/α,β-unsaturated/α-hetero) is 1. The maximum Gasteiger partial charge on any atom is 0.320 e. The lowest BCUT2D eigenvalue weighted by Crippen LogP contribution is -2.32. The highest BCUT2D eigenvalue weighted by molar-refractivity contribution is 5.94. The first-order valence-electron chi connectivity index (χ1n) is 4.59. The number of carbonyl (C=O) groups is 2. The lowest BCUT2D eigenvalue weighted by molar-refractivity contribution is -0.138. The molecule has 3 N–H and O–H groups in total. The number of carboxylic acids is 1. The fraction of sp³-hybridized carbons (Fsp3) is 0.273. The molecule has 0 saturated carbocycles. The summed E-state index contributed by atoms with van der Waals surface area (Å²) in [5, 5.41) is 8.61. The van der Waals surface area contributed by atoms with Crippen molar-refractivity contribution in [1.82, 2.24) is 0 Å². The Hall–Kier alpha value is -1.68. The van der Waals surface area contributed by atoms with Gasteiger partial charge in [0.1, 0.15) is 6.04 Å². The fourth-order valence-corrected chi connectivity index (χ4v) is 1.22. The summed E-state index contributed by atoms with van der Waals surface area (Å²) in [6, 6.07) is 5.89. The minimum absolute atomic E-state index is 0.0101. The summed E-state index contributed by atoms with van der Waals surface area (Å²) in [4.78, 5) is 21.5. The van der Waals surface area contributed by atoms with Gasteiger partial charge < -0.3 is 10.8 Å². The lowest BCUT2D eigenvalue weighted by atomic mass is 10.0. The highest BCUT2D eigenvalue weighted by atomic mass is 16.4. The van der Waals surface area contributed by atoms with Crippen LogP contribution >= 0.6 is 0 Å². The maximum atomic E-state index is 11.0. The van der Waals surface area contributed by atoms with Gasteiger partial charge in [-0.25, -0.2) is 0 Å². The minimum Gasteiger partial charge on any atom is -0.480 e. The van der Waals surface area contributed by atoms with E-state index in [1.165, 1.54) is 6.92 Å². The normalized spacial score (nSPS) is 12.1. The lowest BCUT2D eigenvalue weighted by Gasteiger charge is -2.06. The number of aliphatic carboxylic acids is 1. The fourth-order valence-electron chi connectivity index (χ4n) is 1.22. The summed E-state index contributed by atoms with van der Waals surface area (Å²) in [5.74, 6) is -1.03. The van der Waals surface area contributed by atoms with Crippen LogP contribution in [-0.2, 0) is 11.2 Å². The third-order valence-corrected chi connectivity index (χ3v) is 2.13. The molecule has 1 aromatic rings. The summed E-state index contributed by atoms with van der Waals surface area (Å²) in [6.07, 6.45) is 0.271. The molecule has 0 amide bonds. The summed E-state index contributed by atoms with van der Waals surface area (Å²) in [5.41, 5.74) is 6.81.